The zero-order valence-electron chi connectivity index (χ0n) is 15.2. The lowest BCUT2D eigenvalue weighted by molar-refractivity contribution is -0.141. The number of hydrogen-bond donors (Lipinski definition) is 3. The number of rotatable bonds is 8. The van der Waals surface area contributed by atoms with E-state index in [2.05, 4.69) is 20.9 Å². The minimum Gasteiger partial charge on any atom is -0.497 e. The SMILES string of the molecule is COc1ccc(N=NC(=O)N[C@@H](CC(C)C)C(=O)N[C@@H](C)C(=O)O)cc1. The molecule has 0 saturated carbocycles. The number of nitrogens with zero attached hydrogens (tertiary/aromatic N) is 2. The first kappa shape index (κ1) is 21.1. The molecule has 2 atom stereocenters. The van der Waals surface area contributed by atoms with Gasteiger partial charge >= 0.3 is 12.0 Å². The maximum Gasteiger partial charge on any atom is 0.360 e. The number of carboxylic acid groups (broad SMARTS) is 1. The van der Waals surface area contributed by atoms with Crippen LogP contribution >= 0.6 is 0 Å². The fraction of sp³-hybridized carbons (Fsp3) is 0.471. The Balaban J connectivity index is 2.73. The van der Waals surface area contributed by atoms with Gasteiger partial charge in [-0.15, -0.1) is 5.11 Å². The molecular formula is C17H24N4O5. The van der Waals surface area contributed by atoms with E-state index in [0.717, 1.165) is 0 Å². The molecule has 26 heavy (non-hydrogen) atoms. The highest BCUT2D eigenvalue weighted by atomic mass is 16.5. The van der Waals surface area contributed by atoms with E-state index in [4.69, 9.17) is 9.84 Å². The van der Waals surface area contributed by atoms with Gasteiger partial charge in [0, 0.05) is 0 Å². The van der Waals surface area contributed by atoms with Crippen molar-refractivity contribution in [3.8, 4) is 5.75 Å². The zero-order chi connectivity index (χ0) is 19.7. The number of aliphatic carboxylic acids is 1. The van der Waals surface area contributed by atoms with E-state index in [0.29, 0.717) is 17.9 Å². The molecule has 0 saturated heterocycles. The van der Waals surface area contributed by atoms with Gasteiger partial charge in [0.2, 0.25) is 5.91 Å². The second-order valence-electron chi connectivity index (χ2n) is 6.10. The van der Waals surface area contributed by atoms with Crippen molar-refractivity contribution in [2.75, 3.05) is 7.11 Å². The highest BCUT2D eigenvalue weighted by molar-refractivity contribution is 5.90. The zero-order valence-corrected chi connectivity index (χ0v) is 15.2. The number of methoxy groups -OCH3 is 1. The quantitative estimate of drug-likeness (QED) is 0.610. The van der Waals surface area contributed by atoms with Crippen molar-refractivity contribution < 1.29 is 24.2 Å². The van der Waals surface area contributed by atoms with Crippen LogP contribution in [0.1, 0.15) is 27.2 Å². The van der Waals surface area contributed by atoms with Crippen molar-refractivity contribution >= 4 is 23.6 Å². The summed E-state index contributed by atoms with van der Waals surface area (Å²) in [5.41, 5.74) is 0.449. The third kappa shape index (κ3) is 7.29. The smallest absolute Gasteiger partial charge is 0.360 e. The van der Waals surface area contributed by atoms with E-state index in [1.165, 1.54) is 14.0 Å². The van der Waals surface area contributed by atoms with Crippen LogP contribution in [0.25, 0.3) is 0 Å². The average Bonchev–Trinajstić information content (AvgIpc) is 2.59. The minimum absolute atomic E-state index is 0.102. The molecule has 9 nitrogen and oxygen atoms in total. The predicted octanol–water partition coefficient (Wildman–Crippen LogP) is 2.49. The summed E-state index contributed by atoms with van der Waals surface area (Å²) < 4.78 is 5.02. The van der Waals surface area contributed by atoms with Crippen molar-refractivity contribution in [2.24, 2.45) is 16.1 Å². The second-order valence-corrected chi connectivity index (χ2v) is 6.10. The molecule has 0 heterocycles. The van der Waals surface area contributed by atoms with Crippen LogP contribution in [0.15, 0.2) is 34.5 Å². The Morgan fingerprint density at radius 1 is 1.12 bits per heavy atom. The third-order valence-corrected chi connectivity index (χ3v) is 3.38. The molecule has 9 heteroatoms. The van der Waals surface area contributed by atoms with Gasteiger partial charge in [-0.05, 0) is 43.5 Å². The summed E-state index contributed by atoms with van der Waals surface area (Å²) in [6.07, 6.45) is 0.335. The number of carbonyl (C=O) groups is 3. The normalized spacial score (nSPS) is 13.3. The largest absolute Gasteiger partial charge is 0.497 e. The minimum atomic E-state index is -1.16. The number of benzene rings is 1. The number of amides is 3. The van der Waals surface area contributed by atoms with Crippen molar-refractivity contribution in [3.05, 3.63) is 24.3 Å². The standard InChI is InChI=1S/C17H24N4O5/c1-10(2)9-14(15(22)18-11(3)16(23)24)19-17(25)21-20-12-5-7-13(26-4)8-6-12/h5-8,10-11,14H,9H2,1-4H3,(H,18,22)(H,19,25)(H,23,24)/t11-,14-/m0/s1. The third-order valence-electron chi connectivity index (χ3n) is 3.38. The maximum atomic E-state index is 12.2. The van der Waals surface area contributed by atoms with Crippen molar-refractivity contribution in [3.63, 3.8) is 0 Å². The first-order valence-corrected chi connectivity index (χ1v) is 8.12. The molecule has 0 unspecified atom stereocenters. The Bertz CT molecular complexity index is 658. The number of ether oxygens (including phenoxy) is 1. The van der Waals surface area contributed by atoms with Gasteiger partial charge in [-0.2, -0.15) is 0 Å². The molecule has 0 aliphatic heterocycles. The lowest BCUT2D eigenvalue weighted by Gasteiger charge is -2.20. The fourth-order valence-electron chi connectivity index (χ4n) is 2.01. The van der Waals surface area contributed by atoms with Crippen molar-refractivity contribution in [1.29, 1.82) is 0 Å². The first-order valence-electron chi connectivity index (χ1n) is 8.12. The Labute approximate surface area is 151 Å². The monoisotopic (exact) mass is 364 g/mol. The topological polar surface area (TPSA) is 129 Å². The summed E-state index contributed by atoms with van der Waals surface area (Å²) in [5.74, 6) is -0.993. The summed E-state index contributed by atoms with van der Waals surface area (Å²) in [5, 5.41) is 21.0. The van der Waals surface area contributed by atoms with Crippen LogP contribution in [0, 0.1) is 5.92 Å². The van der Waals surface area contributed by atoms with Gasteiger partial charge in [0.15, 0.2) is 0 Å². The lowest BCUT2D eigenvalue weighted by Crippen LogP contribution is -2.50. The second kappa shape index (κ2) is 10.1. The number of nitrogens with one attached hydrogen (secondary N) is 2. The average molecular weight is 364 g/mol. The van der Waals surface area contributed by atoms with Crippen LogP contribution in [0.5, 0.6) is 5.75 Å². The van der Waals surface area contributed by atoms with Crippen LogP contribution in [-0.2, 0) is 9.59 Å². The van der Waals surface area contributed by atoms with Gasteiger partial charge in [0.1, 0.15) is 17.8 Å². The first-order chi connectivity index (χ1) is 12.2. The summed E-state index contributed by atoms with van der Waals surface area (Å²) in [4.78, 5) is 35.0. The molecule has 0 spiro atoms. The summed E-state index contributed by atoms with van der Waals surface area (Å²) in [6, 6.07) is 3.85. The van der Waals surface area contributed by atoms with E-state index in [1.54, 1.807) is 24.3 Å². The molecule has 3 amide bonds. The van der Waals surface area contributed by atoms with Crippen LogP contribution in [0.3, 0.4) is 0 Å². The van der Waals surface area contributed by atoms with Crippen LogP contribution < -0.4 is 15.4 Å². The summed E-state index contributed by atoms with van der Waals surface area (Å²) >= 11 is 0. The molecule has 0 aliphatic carbocycles. The van der Waals surface area contributed by atoms with Gasteiger partial charge in [-0.1, -0.05) is 19.0 Å². The Morgan fingerprint density at radius 3 is 2.23 bits per heavy atom. The molecule has 0 fully saturated rings. The Morgan fingerprint density at radius 2 is 1.73 bits per heavy atom. The molecule has 0 bridgehead atoms. The molecule has 142 valence electrons. The number of carboxylic acids is 1. The van der Waals surface area contributed by atoms with Crippen LogP contribution in [0.4, 0.5) is 10.5 Å². The Kier molecular flexibility index (Phi) is 8.20. The molecule has 1 aromatic rings. The van der Waals surface area contributed by atoms with Gasteiger partial charge in [0.25, 0.3) is 0 Å². The predicted molar refractivity (Wildman–Crippen MR) is 94.5 cm³/mol. The van der Waals surface area contributed by atoms with Crippen molar-refractivity contribution in [1.82, 2.24) is 10.6 Å². The molecule has 1 rings (SSSR count). The highest BCUT2D eigenvalue weighted by Crippen LogP contribution is 2.17. The molecule has 0 radical (unpaired) electrons. The summed E-state index contributed by atoms with van der Waals surface area (Å²) in [6.45, 7) is 5.11. The maximum absolute atomic E-state index is 12.2. The van der Waals surface area contributed by atoms with Gasteiger partial charge in [-0.3, -0.25) is 9.59 Å². The number of carbonyl (C=O) groups excluding carboxylic acids is 2. The molecule has 0 aliphatic rings. The number of urea groups is 1. The van der Waals surface area contributed by atoms with E-state index < -0.39 is 30.0 Å². The molecule has 1 aromatic carbocycles. The molecule has 0 aromatic heterocycles. The lowest BCUT2D eigenvalue weighted by atomic mass is 10.0. The van der Waals surface area contributed by atoms with Crippen molar-refractivity contribution in [2.45, 2.75) is 39.3 Å². The van der Waals surface area contributed by atoms with Crippen LogP contribution in [-0.4, -0.2) is 42.2 Å². The number of hydrogen-bond acceptors (Lipinski definition) is 5. The van der Waals surface area contributed by atoms with E-state index in [-0.39, 0.29) is 5.92 Å². The molecular weight excluding hydrogens is 340 g/mol. The highest BCUT2D eigenvalue weighted by Gasteiger charge is 2.24. The Hall–Kier alpha value is -2.97. The summed E-state index contributed by atoms with van der Waals surface area (Å²) in [7, 11) is 1.54. The number of azo groups is 1. The fourth-order valence-corrected chi connectivity index (χ4v) is 2.01. The van der Waals surface area contributed by atoms with E-state index in [1.807, 2.05) is 13.8 Å². The van der Waals surface area contributed by atoms with Gasteiger partial charge in [-0.25, -0.2) is 4.79 Å². The van der Waals surface area contributed by atoms with Gasteiger partial charge in [0.05, 0.1) is 12.8 Å². The van der Waals surface area contributed by atoms with E-state index in [9.17, 15) is 14.4 Å². The molecule has 3 N–H and O–H groups in total. The van der Waals surface area contributed by atoms with Gasteiger partial charge < -0.3 is 20.5 Å². The van der Waals surface area contributed by atoms with E-state index >= 15 is 0 Å². The van der Waals surface area contributed by atoms with Crippen LogP contribution in [0.2, 0.25) is 0 Å².